The molecule has 0 amide bonds. The Morgan fingerprint density at radius 3 is 2.60 bits per heavy atom. The Balaban J connectivity index is 2.48. The number of likely N-dealkylation sites (N-methyl/N-ethyl adjacent to an activating group) is 1. The van der Waals surface area contributed by atoms with Crippen LogP contribution in [0, 0.1) is 11.3 Å². The summed E-state index contributed by atoms with van der Waals surface area (Å²) in [7, 11) is 1.71. The summed E-state index contributed by atoms with van der Waals surface area (Å²) in [5.41, 5.74) is 0.841. The summed E-state index contributed by atoms with van der Waals surface area (Å²) in [6, 6.07) is 8.89. The van der Waals surface area contributed by atoms with Gasteiger partial charge in [0.15, 0.2) is 0 Å². The number of nitriles is 1. The molecule has 80 valence electrons. The minimum absolute atomic E-state index is 0.0254. The molecule has 1 rings (SSSR count). The van der Waals surface area contributed by atoms with Crippen molar-refractivity contribution < 1.29 is 9.84 Å². The predicted molar refractivity (Wildman–Crippen MR) is 56.3 cm³/mol. The molecule has 15 heavy (non-hydrogen) atoms. The van der Waals surface area contributed by atoms with Crippen LogP contribution in [0.15, 0.2) is 24.3 Å². The average Bonchev–Trinajstić information content (AvgIpc) is 2.31. The van der Waals surface area contributed by atoms with Gasteiger partial charge in [0.1, 0.15) is 18.4 Å². The van der Waals surface area contributed by atoms with E-state index in [-0.39, 0.29) is 12.6 Å². The summed E-state index contributed by atoms with van der Waals surface area (Å²) in [5, 5.41) is 20.3. The van der Waals surface area contributed by atoms with E-state index in [9.17, 15) is 0 Å². The third kappa shape index (κ3) is 3.58. The molecule has 0 aliphatic rings. The largest absolute Gasteiger partial charge is 0.491 e. The number of nitrogens with zero attached hydrogens (tertiary/aromatic N) is 1. The fraction of sp³-hybridized carbons (Fsp3) is 0.364. The van der Waals surface area contributed by atoms with Gasteiger partial charge in [0.2, 0.25) is 0 Å². The third-order valence-corrected chi connectivity index (χ3v) is 2.03. The maximum atomic E-state index is 8.83. The molecule has 0 spiro atoms. The zero-order chi connectivity index (χ0) is 11.1. The highest BCUT2D eigenvalue weighted by Crippen LogP contribution is 2.12. The highest BCUT2D eigenvalue weighted by Gasteiger charge is 2.04. The van der Waals surface area contributed by atoms with Crippen LogP contribution in [0.5, 0.6) is 5.75 Å². The number of ether oxygens (including phenoxy) is 1. The predicted octanol–water partition coefficient (Wildman–Crippen LogP) is 0.669. The lowest BCUT2D eigenvalue weighted by molar-refractivity contribution is 0.280. The summed E-state index contributed by atoms with van der Waals surface area (Å²) in [4.78, 5) is 0. The molecule has 1 unspecified atom stereocenters. The minimum Gasteiger partial charge on any atom is -0.491 e. The second-order valence-electron chi connectivity index (χ2n) is 3.08. The van der Waals surface area contributed by atoms with Gasteiger partial charge in [0.05, 0.1) is 12.7 Å². The van der Waals surface area contributed by atoms with Gasteiger partial charge in [-0.3, -0.25) is 0 Å². The molecule has 0 aromatic heterocycles. The highest BCUT2D eigenvalue weighted by atomic mass is 16.5. The monoisotopic (exact) mass is 206 g/mol. The van der Waals surface area contributed by atoms with Crippen molar-refractivity contribution in [2.24, 2.45) is 0 Å². The van der Waals surface area contributed by atoms with E-state index in [0.717, 1.165) is 5.56 Å². The van der Waals surface area contributed by atoms with Crippen LogP contribution in [0.1, 0.15) is 5.56 Å². The maximum absolute atomic E-state index is 8.83. The topological polar surface area (TPSA) is 65.3 Å². The molecule has 0 aliphatic heterocycles. The van der Waals surface area contributed by atoms with Gasteiger partial charge in [-0.25, -0.2) is 0 Å². The number of hydrogen-bond donors (Lipinski definition) is 2. The van der Waals surface area contributed by atoms with Crippen LogP contribution in [0.3, 0.4) is 0 Å². The lowest BCUT2D eigenvalue weighted by atomic mass is 10.2. The van der Waals surface area contributed by atoms with E-state index < -0.39 is 0 Å². The fourth-order valence-corrected chi connectivity index (χ4v) is 1.06. The normalized spacial score (nSPS) is 11.8. The van der Waals surface area contributed by atoms with Crippen LogP contribution in [0.2, 0.25) is 0 Å². The van der Waals surface area contributed by atoms with Crippen molar-refractivity contribution in [1.82, 2.24) is 5.32 Å². The summed E-state index contributed by atoms with van der Waals surface area (Å²) >= 11 is 0. The number of aliphatic hydroxyl groups is 1. The van der Waals surface area contributed by atoms with Crippen molar-refractivity contribution in [2.45, 2.75) is 12.6 Å². The molecule has 0 saturated heterocycles. The number of aliphatic hydroxyl groups excluding tert-OH is 1. The van der Waals surface area contributed by atoms with Gasteiger partial charge in [-0.05, 0) is 24.7 Å². The number of rotatable bonds is 5. The summed E-state index contributed by atoms with van der Waals surface area (Å²) in [6.07, 6.45) is 0. The van der Waals surface area contributed by atoms with Crippen molar-refractivity contribution >= 4 is 0 Å². The summed E-state index contributed by atoms with van der Waals surface area (Å²) in [6.45, 7) is 0.336. The van der Waals surface area contributed by atoms with Gasteiger partial charge < -0.3 is 15.2 Å². The van der Waals surface area contributed by atoms with E-state index >= 15 is 0 Å². The molecule has 1 aromatic rings. The first-order valence-electron chi connectivity index (χ1n) is 4.69. The third-order valence-electron chi connectivity index (χ3n) is 2.03. The quantitative estimate of drug-likeness (QED) is 0.743. The average molecular weight is 206 g/mol. The molecule has 0 fully saturated rings. The van der Waals surface area contributed by atoms with Crippen LogP contribution >= 0.6 is 0 Å². The molecule has 0 aliphatic carbocycles. The number of benzene rings is 1. The van der Waals surface area contributed by atoms with Gasteiger partial charge in [0, 0.05) is 0 Å². The van der Waals surface area contributed by atoms with Gasteiger partial charge in [-0.15, -0.1) is 0 Å². The van der Waals surface area contributed by atoms with Gasteiger partial charge in [0.25, 0.3) is 0 Å². The maximum Gasteiger partial charge on any atom is 0.129 e. The van der Waals surface area contributed by atoms with E-state index in [2.05, 4.69) is 11.4 Å². The van der Waals surface area contributed by atoms with Crippen molar-refractivity contribution in [3.63, 3.8) is 0 Å². The smallest absolute Gasteiger partial charge is 0.129 e. The van der Waals surface area contributed by atoms with Crippen LogP contribution < -0.4 is 10.1 Å². The van der Waals surface area contributed by atoms with E-state index in [0.29, 0.717) is 12.4 Å². The Bertz CT molecular complexity index is 329. The molecular weight excluding hydrogens is 192 g/mol. The van der Waals surface area contributed by atoms with Crippen molar-refractivity contribution in [3.05, 3.63) is 29.8 Å². The first-order chi connectivity index (χ1) is 7.30. The van der Waals surface area contributed by atoms with Crippen LogP contribution in [0.4, 0.5) is 0 Å². The Labute approximate surface area is 89.1 Å². The van der Waals surface area contributed by atoms with E-state index in [1.165, 1.54) is 0 Å². The molecule has 0 saturated carbocycles. The Hall–Kier alpha value is -1.57. The second kappa shape index (κ2) is 6.02. The van der Waals surface area contributed by atoms with Gasteiger partial charge in [-0.1, -0.05) is 12.1 Å². The minimum atomic E-state index is -0.303. The highest BCUT2D eigenvalue weighted by molar-refractivity contribution is 5.26. The molecule has 0 bridgehead atoms. The van der Waals surface area contributed by atoms with E-state index in [4.69, 9.17) is 15.1 Å². The van der Waals surface area contributed by atoms with Crippen molar-refractivity contribution in [1.29, 1.82) is 5.26 Å². The zero-order valence-corrected chi connectivity index (χ0v) is 8.60. The molecule has 1 aromatic carbocycles. The molecule has 4 nitrogen and oxygen atoms in total. The van der Waals surface area contributed by atoms with Crippen molar-refractivity contribution in [3.8, 4) is 11.8 Å². The summed E-state index contributed by atoms with van der Waals surface area (Å²) in [5.74, 6) is 0.697. The molecule has 4 heteroatoms. The summed E-state index contributed by atoms with van der Waals surface area (Å²) < 4.78 is 5.38. The lowest BCUT2D eigenvalue weighted by Crippen LogP contribution is -2.29. The Kier molecular flexibility index (Phi) is 4.61. The lowest BCUT2D eigenvalue weighted by Gasteiger charge is -2.10. The Morgan fingerprint density at radius 1 is 1.47 bits per heavy atom. The molecule has 0 heterocycles. The fourth-order valence-electron chi connectivity index (χ4n) is 1.06. The molecular formula is C11H14N2O2. The first-order valence-corrected chi connectivity index (χ1v) is 4.69. The molecule has 0 radical (unpaired) electrons. The van der Waals surface area contributed by atoms with Crippen molar-refractivity contribution in [2.75, 3.05) is 13.7 Å². The second-order valence-corrected chi connectivity index (χ2v) is 3.08. The van der Waals surface area contributed by atoms with E-state index in [1.807, 2.05) is 0 Å². The van der Waals surface area contributed by atoms with Crippen LogP contribution in [-0.4, -0.2) is 24.8 Å². The van der Waals surface area contributed by atoms with E-state index in [1.54, 1.807) is 31.3 Å². The number of hydrogen-bond acceptors (Lipinski definition) is 4. The van der Waals surface area contributed by atoms with Gasteiger partial charge >= 0.3 is 0 Å². The molecule has 1 atom stereocenters. The first kappa shape index (κ1) is 11.5. The van der Waals surface area contributed by atoms with Crippen LogP contribution in [0.25, 0.3) is 0 Å². The standard InChI is InChI=1S/C11H14N2O2/c1-13-10(6-12)8-15-11-4-2-9(7-14)3-5-11/h2-5,10,13-14H,7-8H2,1H3. The zero-order valence-electron chi connectivity index (χ0n) is 8.60. The molecule has 2 N–H and O–H groups in total. The Morgan fingerprint density at radius 2 is 2.13 bits per heavy atom. The SMILES string of the molecule is CNC(C#N)COc1ccc(CO)cc1. The van der Waals surface area contributed by atoms with Gasteiger partial charge in [-0.2, -0.15) is 5.26 Å². The van der Waals surface area contributed by atoms with Crippen LogP contribution in [-0.2, 0) is 6.61 Å². The number of nitrogens with one attached hydrogen (secondary N) is 1.